The van der Waals surface area contributed by atoms with Crippen molar-refractivity contribution in [2.45, 2.75) is 37.8 Å². The molecule has 2 fully saturated rings. The Labute approximate surface area is 99.7 Å². The van der Waals surface area contributed by atoms with E-state index >= 15 is 0 Å². The number of hydrogen-bond acceptors (Lipinski definition) is 4. The Kier molecular flexibility index (Phi) is 3.42. The highest BCUT2D eigenvalue weighted by atomic mass is 16.2. The van der Waals surface area contributed by atoms with Gasteiger partial charge in [0.25, 0.3) is 5.91 Å². The van der Waals surface area contributed by atoms with Crippen molar-refractivity contribution in [1.82, 2.24) is 15.5 Å². The van der Waals surface area contributed by atoms with Gasteiger partial charge in [-0.2, -0.15) is 0 Å². The summed E-state index contributed by atoms with van der Waals surface area (Å²) in [7, 11) is 1.46. The lowest BCUT2D eigenvalue weighted by atomic mass is 10.0. The van der Waals surface area contributed by atoms with Gasteiger partial charge in [-0.3, -0.25) is 19.3 Å². The molecule has 0 aromatic rings. The molecule has 2 rings (SSSR count). The molecule has 2 aliphatic heterocycles. The van der Waals surface area contributed by atoms with Crippen LogP contribution in [0.1, 0.15) is 25.7 Å². The Hall–Kier alpha value is -1.43. The van der Waals surface area contributed by atoms with Crippen LogP contribution in [0.2, 0.25) is 0 Å². The van der Waals surface area contributed by atoms with E-state index in [1.165, 1.54) is 7.05 Å². The molecule has 0 aliphatic carbocycles. The number of hydrogen-bond donors (Lipinski definition) is 2. The van der Waals surface area contributed by atoms with Crippen molar-refractivity contribution < 1.29 is 14.4 Å². The van der Waals surface area contributed by atoms with Gasteiger partial charge in [0.15, 0.2) is 0 Å². The third-order valence-corrected chi connectivity index (χ3v) is 3.34. The van der Waals surface area contributed by atoms with Crippen LogP contribution in [0.25, 0.3) is 0 Å². The second kappa shape index (κ2) is 4.83. The Morgan fingerprint density at radius 3 is 2.82 bits per heavy atom. The fraction of sp³-hybridized carbons (Fsp3) is 0.727. The van der Waals surface area contributed by atoms with E-state index in [1.807, 2.05) is 0 Å². The summed E-state index contributed by atoms with van der Waals surface area (Å²) in [6.45, 7) is 0.842. The average Bonchev–Trinajstić information content (AvgIpc) is 2.83. The minimum absolute atomic E-state index is 0.136. The van der Waals surface area contributed by atoms with E-state index < -0.39 is 6.04 Å². The van der Waals surface area contributed by atoms with Crippen molar-refractivity contribution in [2.24, 2.45) is 0 Å². The Balaban J connectivity index is 1.92. The van der Waals surface area contributed by atoms with Gasteiger partial charge in [-0.05, 0) is 25.8 Å². The molecule has 0 spiro atoms. The number of likely N-dealkylation sites (N-methyl/N-ethyl adjacent to an activating group) is 1. The van der Waals surface area contributed by atoms with Gasteiger partial charge in [-0.1, -0.05) is 0 Å². The first-order valence-electron chi connectivity index (χ1n) is 5.94. The van der Waals surface area contributed by atoms with E-state index in [1.54, 1.807) is 0 Å². The summed E-state index contributed by atoms with van der Waals surface area (Å²) >= 11 is 0. The van der Waals surface area contributed by atoms with Gasteiger partial charge >= 0.3 is 0 Å². The Morgan fingerprint density at radius 1 is 1.41 bits per heavy atom. The van der Waals surface area contributed by atoms with Gasteiger partial charge in [-0.25, -0.2) is 0 Å². The number of carbonyl (C=O) groups excluding carboxylic acids is 3. The molecule has 0 aromatic carbocycles. The summed E-state index contributed by atoms with van der Waals surface area (Å²) in [5, 5.41) is 5.79. The van der Waals surface area contributed by atoms with E-state index in [-0.39, 0.29) is 23.8 Å². The van der Waals surface area contributed by atoms with Crippen molar-refractivity contribution in [3.63, 3.8) is 0 Å². The van der Waals surface area contributed by atoms with E-state index in [0.29, 0.717) is 12.8 Å². The third-order valence-electron chi connectivity index (χ3n) is 3.34. The first-order valence-corrected chi connectivity index (χ1v) is 5.94. The van der Waals surface area contributed by atoms with E-state index in [2.05, 4.69) is 10.6 Å². The highest BCUT2D eigenvalue weighted by Gasteiger charge is 2.34. The summed E-state index contributed by atoms with van der Waals surface area (Å²) < 4.78 is 0. The molecule has 17 heavy (non-hydrogen) atoms. The predicted molar refractivity (Wildman–Crippen MR) is 60.0 cm³/mol. The molecule has 0 saturated carbocycles. The van der Waals surface area contributed by atoms with E-state index in [0.717, 1.165) is 24.3 Å². The molecule has 0 aromatic heterocycles. The molecule has 94 valence electrons. The van der Waals surface area contributed by atoms with E-state index in [9.17, 15) is 14.4 Å². The second-order valence-electron chi connectivity index (χ2n) is 4.54. The zero-order chi connectivity index (χ0) is 12.4. The minimum Gasteiger partial charge on any atom is -0.343 e. The van der Waals surface area contributed by atoms with Crippen molar-refractivity contribution in [2.75, 3.05) is 13.6 Å². The number of piperidine rings is 1. The molecular weight excluding hydrogens is 222 g/mol. The summed E-state index contributed by atoms with van der Waals surface area (Å²) in [6.07, 6.45) is 2.50. The van der Waals surface area contributed by atoms with Gasteiger partial charge in [-0.15, -0.1) is 0 Å². The third kappa shape index (κ3) is 2.46. The molecule has 2 atom stereocenters. The van der Waals surface area contributed by atoms with Crippen LogP contribution in [0.5, 0.6) is 0 Å². The monoisotopic (exact) mass is 239 g/mol. The first-order chi connectivity index (χ1) is 8.09. The summed E-state index contributed by atoms with van der Waals surface area (Å²) in [5.41, 5.74) is 0. The number of nitrogens with one attached hydrogen (secondary N) is 2. The molecule has 0 bridgehead atoms. The van der Waals surface area contributed by atoms with Crippen molar-refractivity contribution in [3.05, 3.63) is 0 Å². The largest absolute Gasteiger partial charge is 0.343 e. The van der Waals surface area contributed by atoms with Crippen molar-refractivity contribution >= 4 is 17.7 Å². The van der Waals surface area contributed by atoms with E-state index in [4.69, 9.17) is 0 Å². The second-order valence-corrected chi connectivity index (χ2v) is 4.54. The van der Waals surface area contributed by atoms with Gasteiger partial charge in [0.05, 0.1) is 6.04 Å². The van der Waals surface area contributed by atoms with Crippen molar-refractivity contribution in [1.29, 1.82) is 0 Å². The molecule has 6 heteroatoms. The molecule has 6 nitrogen and oxygen atoms in total. The maximum Gasteiger partial charge on any atom is 0.251 e. The summed E-state index contributed by atoms with van der Waals surface area (Å²) in [5.74, 6) is -0.629. The maximum atomic E-state index is 11.8. The van der Waals surface area contributed by atoms with Crippen LogP contribution in [0.15, 0.2) is 0 Å². The highest BCUT2D eigenvalue weighted by Crippen LogP contribution is 2.12. The molecule has 0 radical (unpaired) electrons. The number of rotatable bonds is 2. The standard InChI is InChI=1S/C11H17N3O3/c1-14-9(15)5-4-8(11(14)17)13-10(16)7-3-2-6-12-7/h7-8,12H,2-6H2,1H3,(H,13,16). The van der Waals surface area contributed by atoms with Gasteiger partial charge in [0.2, 0.25) is 11.8 Å². The minimum atomic E-state index is -0.549. The zero-order valence-electron chi connectivity index (χ0n) is 9.86. The number of nitrogens with zero attached hydrogens (tertiary/aromatic N) is 1. The number of likely N-dealkylation sites (tertiary alicyclic amines) is 1. The Bertz CT molecular complexity index is 350. The van der Waals surface area contributed by atoms with Crippen LogP contribution in [0.4, 0.5) is 0 Å². The lowest BCUT2D eigenvalue weighted by molar-refractivity contribution is -0.149. The maximum absolute atomic E-state index is 11.8. The molecule has 2 heterocycles. The fourth-order valence-corrected chi connectivity index (χ4v) is 2.23. The first kappa shape index (κ1) is 12.0. The fourth-order valence-electron chi connectivity index (χ4n) is 2.23. The average molecular weight is 239 g/mol. The molecule has 3 amide bonds. The number of amides is 3. The quantitative estimate of drug-likeness (QED) is 0.606. The lowest BCUT2D eigenvalue weighted by Crippen LogP contribution is -2.55. The van der Waals surface area contributed by atoms with Crippen LogP contribution >= 0.6 is 0 Å². The molecular formula is C11H17N3O3. The van der Waals surface area contributed by atoms with Crippen LogP contribution in [-0.4, -0.2) is 48.3 Å². The van der Waals surface area contributed by atoms with Crippen LogP contribution in [0.3, 0.4) is 0 Å². The normalized spacial score (nSPS) is 29.6. The van der Waals surface area contributed by atoms with Crippen LogP contribution < -0.4 is 10.6 Å². The molecule has 2 unspecified atom stereocenters. The van der Waals surface area contributed by atoms with Gasteiger partial charge < -0.3 is 10.6 Å². The zero-order valence-corrected chi connectivity index (χ0v) is 9.86. The number of carbonyl (C=O) groups is 3. The lowest BCUT2D eigenvalue weighted by Gasteiger charge is -2.28. The van der Waals surface area contributed by atoms with Crippen LogP contribution in [-0.2, 0) is 14.4 Å². The number of imide groups is 1. The van der Waals surface area contributed by atoms with Crippen LogP contribution in [0, 0.1) is 0 Å². The summed E-state index contributed by atoms with van der Waals surface area (Å²) in [4.78, 5) is 35.9. The molecule has 2 N–H and O–H groups in total. The molecule has 2 aliphatic rings. The smallest absolute Gasteiger partial charge is 0.251 e. The summed E-state index contributed by atoms with van der Waals surface area (Å²) in [6, 6.07) is -0.738. The Morgan fingerprint density at radius 2 is 2.18 bits per heavy atom. The van der Waals surface area contributed by atoms with Crippen molar-refractivity contribution in [3.8, 4) is 0 Å². The topological polar surface area (TPSA) is 78.5 Å². The van der Waals surface area contributed by atoms with Gasteiger partial charge in [0, 0.05) is 13.5 Å². The predicted octanol–water partition coefficient (Wildman–Crippen LogP) is -0.998. The SMILES string of the molecule is CN1C(=O)CCC(NC(=O)C2CCCN2)C1=O. The molecule has 2 saturated heterocycles. The highest BCUT2D eigenvalue weighted by molar-refractivity contribution is 6.01. The van der Waals surface area contributed by atoms with Gasteiger partial charge in [0.1, 0.15) is 6.04 Å².